The molecule has 0 aromatic rings. The minimum absolute atomic E-state index is 0. The number of piperidine rings is 2. The van der Waals surface area contributed by atoms with Crippen LogP contribution in [0.1, 0.15) is 65.7 Å². The smallest absolute Gasteiger partial charge is 0.220 e. The van der Waals surface area contributed by atoms with Gasteiger partial charge in [-0.1, -0.05) is 20.8 Å². The summed E-state index contributed by atoms with van der Waals surface area (Å²) in [5.74, 6) is 2.32. The first-order chi connectivity index (χ1) is 11.5. The normalized spacial score (nSPS) is 30.4. The first-order valence-corrected chi connectivity index (χ1v) is 10.3. The molecule has 0 aliphatic carbocycles. The fraction of sp³-hybridized carbons (Fsp3) is 0.950. The summed E-state index contributed by atoms with van der Waals surface area (Å²) in [6.07, 6.45) is 8.35. The molecule has 26 heavy (non-hydrogen) atoms. The summed E-state index contributed by atoms with van der Waals surface area (Å²) in [6.45, 7) is 10.1. The van der Waals surface area contributed by atoms with Crippen molar-refractivity contribution in [3.63, 3.8) is 0 Å². The van der Waals surface area contributed by atoms with Crippen LogP contribution in [0.25, 0.3) is 0 Å². The maximum Gasteiger partial charge on any atom is 0.220 e. The second-order valence-corrected chi connectivity index (χ2v) is 9.01. The molecule has 3 fully saturated rings. The molecule has 3 aliphatic heterocycles. The monoisotopic (exact) mass is 407 g/mol. The molecule has 2 N–H and O–H groups in total. The lowest BCUT2D eigenvalue weighted by molar-refractivity contribution is -0.122. The van der Waals surface area contributed by atoms with Crippen molar-refractivity contribution in [2.45, 2.75) is 83.8 Å². The van der Waals surface area contributed by atoms with Gasteiger partial charge in [0.15, 0.2) is 0 Å². The van der Waals surface area contributed by atoms with E-state index >= 15 is 0 Å². The van der Waals surface area contributed by atoms with Crippen LogP contribution in [0.15, 0.2) is 0 Å². The SMILES string of the molecule is CC1CCN(C(CNC(=O)CC2CC3CCC(C2)N3)C(C)C)CC1.Cl.Cl. The van der Waals surface area contributed by atoms with E-state index in [1.165, 1.54) is 51.6 Å². The first-order valence-electron chi connectivity index (χ1n) is 10.3. The Morgan fingerprint density at radius 2 is 1.65 bits per heavy atom. The Bertz CT molecular complexity index is 415. The van der Waals surface area contributed by atoms with Crippen molar-refractivity contribution in [1.82, 2.24) is 15.5 Å². The Hall–Kier alpha value is -0.0300. The van der Waals surface area contributed by atoms with Crippen molar-refractivity contribution in [1.29, 1.82) is 0 Å². The molecule has 6 heteroatoms. The number of hydrogen-bond donors (Lipinski definition) is 2. The number of carbonyl (C=O) groups is 1. The minimum Gasteiger partial charge on any atom is -0.355 e. The molecule has 154 valence electrons. The van der Waals surface area contributed by atoms with E-state index in [1.807, 2.05) is 0 Å². The zero-order chi connectivity index (χ0) is 17.1. The van der Waals surface area contributed by atoms with E-state index in [-0.39, 0.29) is 30.7 Å². The highest BCUT2D eigenvalue weighted by molar-refractivity contribution is 5.85. The van der Waals surface area contributed by atoms with E-state index in [4.69, 9.17) is 0 Å². The van der Waals surface area contributed by atoms with Crippen LogP contribution in [0, 0.1) is 17.8 Å². The van der Waals surface area contributed by atoms with Crippen molar-refractivity contribution in [3.05, 3.63) is 0 Å². The zero-order valence-corrected chi connectivity index (χ0v) is 18.3. The average Bonchev–Trinajstić information content (AvgIpc) is 2.87. The molecule has 0 aromatic heterocycles. The molecule has 3 saturated heterocycles. The van der Waals surface area contributed by atoms with Crippen molar-refractivity contribution in [3.8, 4) is 0 Å². The van der Waals surface area contributed by atoms with Gasteiger partial charge in [-0.05, 0) is 69.4 Å². The van der Waals surface area contributed by atoms with E-state index in [1.54, 1.807) is 0 Å². The minimum atomic E-state index is 0. The fourth-order valence-corrected chi connectivity index (χ4v) is 5.04. The molecule has 3 aliphatic rings. The van der Waals surface area contributed by atoms with Crippen molar-refractivity contribution < 1.29 is 4.79 Å². The van der Waals surface area contributed by atoms with Crippen LogP contribution >= 0.6 is 24.8 Å². The topological polar surface area (TPSA) is 44.4 Å². The Balaban J connectivity index is 0.00000169. The van der Waals surface area contributed by atoms with Gasteiger partial charge in [-0.2, -0.15) is 0 Å². The van der Waals surface area contributed by atoms with Crippen molar-refractivity contribution in [2.24, 2.45) is 17.8 Å². The summed E-state index contributed by atoms with van der Waals surface area (Å²) in [5, 5.41) is 6.94. The maximum atomic E-state index is 12.5. The molecule has 3 unspecified atom stereocenters. The third-order valence-electron chi connectivity index (χ3n) is 6.61. The molecule has 1 amide bonds. The van der Waals surface area contributed by atoms with E-state index in [0.29, 0.717) is 30.0 Å². The Morgan fingerprint density at radius 1 is 1.08 bits per heavy atom. The van der Waals surface area contributed by atoms with Crippen LogP contribution < -0.4 is 10.6 Å². The van der Waals surface area contributed by atoms with Gasteiger partial charge in [0.05, 0.1) is 0 Å². The highest BCUT2D eigenvalue weighted by Gasteiger charge is 2.34. The summed E-state index contributed by atoms with van der Waals surface area (Å²) >= 11 is 0. The molecular weight excluding hydrogens is 369 g/mol. The van der Waals surface area contributed by atoms with E-state index in [0.717, 1.165) is 18.9 Å². The third kappa shape index (κ3) is 6.54. The summed E-state index contributed by atoms with van der Waals surface area (Å²) in [4.78, 5) is 15.1. The molecule has 3 rings (SSSR count). The quantitative estimate of drug-likeness (QED) is 0.706. The van der Waals surface area contributed by atoms with Gasteiger partial charge in [0.1, 0.15) is 0 Å². The lowest BCUT2D eigenvalue weighted by atomic mass is 9.89. The third-order valence-corrected chi connectivity index (χ3v) is 6.61. The number of rotatable bonds is 6. The summed E-state index contributed by atoms with van der Waals surface area (Å²) in [5.41, 5.74) is 0. The molecule has 3 atom stereocenters. The second kappa shape index (κ2) is 11.1. The number of carbonyl (C=O) groups excluding carboxylic acids is 1. The van der Waals surface area contributed by atoms with Crippen molar-refractivity contribution in [2.75, 3.05) is 19.6 Å². The van der Waals surface area contributed by atoms with Crippen LogP contribution in [-0.2, 0) is 4.79 Å². The van der Waals surface area contributed by atoms with Gasteiger partial charge in [-0.25, -0.2) is 0 Å². The van der Waals surface area contributed by atoms with Gasteiger partial charge in [0.2, 0.25) is 5.91 Å². The number of nitrogens with one attached hydrogen (secondary N) is 2. The summed E-state index contributed by atoms with van der Waals surface area (Å²) in [7, 11) is 0. The fourth-order valence-electron chi connectivity index (χ4n) is 5.04. The average molecular weight is 408 g/mol. The van der Waals surface area contributed by atoms with Crippen LogP contribution in [0.2, 0.25) is 0 Å². The molecule has 2 bridgehead atoms. The second-order valence-electron chi connectivity index (χ2n) is 9.01. The van der Waals surface area contributed by atoms with E-state index < -0.39 is 0 Å². The number of hydrogen-bond acceptors (Lipinski definition) is 3. The summed E-state index contributed by atoms with van der Waals surface area (Å²) in [6, 6.07) is 1.85. The largest absolute Gasteiger partial charge is 0.355 e. The number of nitrogens with zero attached hydrogens (tertiary/aromatic N) is 1. The molecule has 3 heterocycles. The number of likely N-dealkylation sites (tertiary alicyclic amines) is 1. The van der Waals surface area contributed by atoms with Gasteiger partial charge >= 0.3 is 0 Å². The van der Waals surface area contributed by atoms with Crippen LogP contribution in [0.3, 0.4) is 0 Å². The highest BCUT2D eigenvalue weighted by atomic mass is 35.5. The van der Waals surface area contributed by atoms with Crippen molar-refractivity contribution >= 4 is 30.7 Å². The van der Waals surface area contributed by atoms with Crippen LogP contribution in [0.5, 0.6) is 0 Å². The Morgan fingerprint density at radius 3 is 2.19 bits per heavy atom. The zero-order valence-electron chi connectivity index (χ0n) is 16.7. The highest BCUT2D eigenvalue weighted by Crippen LogP contribution is 2.32. The lowest BCUT2D eigenvalue weighted by Gasteiger charge is -2.39. The van der Waals surface area contributed by atoms with Gasteiger partial charge in [-0.15, -0.1) is 24.8 Å². The van der Waals surface area contributed by atoms with Crippen LogP contribution in [-0.4, -0.2) is 48.6 Å². The lowest BCUT2D eigenvalue weighted by Crippen LogP contribution is -2.50. The van der Waals surface area contributed by atoms with Crippen LogP contribution in [0.4, 0.5) is 0 Å². The Kier molecular flexibility index (Phi) is 10.2. The predicted molar refractivity (Wildman–Crippen MR) is 113 cm³/mol. The van der Waals surface area contributed by atoms with E-state index in [9.17, 15) is 4.79 Å². The Labute approximate surface area is 172 Å². The first kappa shape index (κ1) is 24.0. The van der Waals surface area contributed by atoms with E-state index in [2.05, 4.69) is 36.3 Å². The molecule has 0 spiro atoms. The number of amides is 1. The van der Waals surface area contributed by atoms with Gasteiger partial charge in [0.25, 0.3) is 0 Å². The van der Waals surface area contributed by atoms with Gasteiger partial charge in [-0.3, -0.25) is 9.69 Å². The number of halogens is 2. The standard InChI is InChI=1S/C20H37N3O.2ClH/c1-14(2)19(23-8-6-15(3)7-9-23)13-21-20(24)12-16-10-17-4-5-18(11-16)22-17;;/h14-19,22H,4-13H2,1-3H3,(H,21,24);2*1H. The molecule has 0 radical (unpaired) electrons. The molecule has 0 aromatic carbocycles. The number of fused-ring (bicyclic) bond motifs is 2. The molecule has 4 nitrogen and oxygen atoms in total. The molecular formula is C20H39Cl2N3O. The maximum absolute atomic E-state index is 12.5. The van der Waals surface area contributed by atoms with Gasteiger partial charge < -0.3 is 10.6 Å². The summed E-state index contributed by atoms with van der Waals surface area (Å²) < 4.78 is 0. The van der Waals surface area contributed by atoms with Gasteiger partial charge in [0, 0.05) is 31.1 Å². The molecule has 0 saturated carbocycles. The predicted octanol–water partition coefficient (Wildman–Crippen LogP) is 3.62.